The van der Waals surface area contributed by atoms with Gasteiger partial charge in [0.05, 0.1) is 11.1 Å². The van der Waals surface area contributed by atoms with Crippen molar-refractivity contribution in [3.05, 3.63) is 301 Å². The molecule has 13 aromatic rings. The Hall–Kier alpha value is -9.50. The van der Waals surface area contributed by atoms with E-state index in [2.05, 4.69) is 289 Å². The lowest BCUT2D eigenvalue weighted by molar-refractivity contribution is 0.793. The van der Waals surface area contributed by atoms with Crippen molar-refractivity contribution in [2.24, 2.45) is 0 Å². The zero-order chi connectivity index (χ0) is 48.0. The Morgan fingerprint density at radius 2 is 0.644 bits per heavy atom. The zero-order valence-corrected chi connectivity index (χ0v) is 40.0. The maximum absolute atomic E-state index is 2.52. The molecular weight excluding hydrogens is 881 g/mol. The maximum atomic E-state index is 2.52. The van der Waals surface area contributed by atoms with Gasteiger partial charge in [-0.25, -0.2) is 0 Å². The molecule has 2 heteroatoms. The van der Waals surface area contributed by atoms with Crippen molar-refractivity contribution in [2.45, 2.75) is 5.41 Å². The summed E-state index contributed by atoms with van der Waals surface area (Å²) in [5.41, 5.74) is 18.7. The highest BCUT2D eigenvalue weighted by molar-refractivity contribution is 6.07. The molecule has 13 aromatic carbocycles. The Balaban J connectivity index is 0.986. The van der Waals surface area contributed by atoms with Gasteiger partial charge in [0.2, 0.25) is 0 Å². The van der Waals surface area contributed by atoms with Gasteiger partial charge in [0.25, 0.3) is 0 Å². The van der Waals surface area contributed by atoms with Crippen LogP contribution >= 0.6 is 0 Å². The van der Waals surface area contributed by atoms with Crippen molar-refractivity contribution in [3.8, 4) is 33.4 Å². The van der Waals surface area contributed by atoms with Crippen LogP contribution in [0, 0.1) is 0 Å². The molecule has 0 N–H and O–H groups in total. The maximum Gasteiger partial charge on any atom is 0.0727 e. The highest BCUT2D eigenvalue weighted by Gasteiger charge is 2.52. The van der Waals surface area contributed by atoms with E-state index >= 15 is 0 Å². The van der Waals surface area contributed by atoms with Crippen LogP contribution in [0.4, 0.5) is 34.1 Å². The van der Waals surface area contributed by atoms with Gasteiger partial charge >= 0.3 is 0 Å². The summed E-state index contributed by atoms with van der Waals surface area (Å²) in [6.45, 7) is 0. The molecule has 340 valence electrons. The van der Waals surface area contributed by atoms with E-state index < -0.39 is 5.41 Å². The third-order valence-electron chi connectivity index (χ3n) is 15.8. The van der Waals surface area contributed by atoms with Crippen molar-refractivity contribution in [1.29, 1.82) is 0 Å². The second-order valence-electron chi connectivity index (χ2n) is 19.6. The molecule has 2 aliphatic rings. The minimum atomic E-state index is -0.616. The predicted molar refractivity (Wildman–Crippen MR) is 308 cm³/mol. The molecule has 0 fully saturated rings. The van der Waals surface area contributed by atoms with Crippen LogP contribution < -0.4 is 9.80 Å². The molecule has 2 nitrogen and oxygen atoms in total. The van der Waals surface area contributed by atoms with Gasteiger partial charge in [0.1, 0.15) is 0 Å². The number of nitrogens with zero attached hydrogens (tertiary/aromatic N) is 2. The van der Waals surface area contributed by atoms with E-state index in [1.54, 1.807) is 0 Å². The minimum absolute atomic E-state index is 0.616. The van der Waals surface area contributed by atoms with Gasteiger partial charge in [-0.15, -0.1) is 0 Å². The largest absolute Gasteiger partial charge is 0.310 e. The lowest BCUT2D eigenvalue weighted by Crippen LogP contribution is -2.26. The van der Waals surface area contributed by atoms with Gasteiger partial charge in [-0.2, -0.15) is 0 Å². The molecule has 0 saturated heterocycles. The molecule has 0 saturated carbocycles. The highest BCUT2D eigenvalue weighted by atomic mass is 15.1. The van der Waals surface area contributed by atoms with Gasteiger partial charge in [-0.1, -0.05) is 206 Å². The predicted octanol–water partition coefficient (Wildman–Crippen LogP) is 19.2. The molecule has 15 rings (SSSR count). The smallest absolute Gasteiger partial charge is 0.0727 e. The van der Waals surface area contributed by atoms with Crippen molar-refractivity contribution in [3.63, 3.8) is 0 Å². The average Bonchev–Trinajstić information content (AvgIpc) is 3.92. The lowest BCUT2D eigenvalue weighted by atomic mass is 9.70. The van der Waals surface area contributed by atoms with Crippen LogP contribution in [0.25, 0.3) is 76.5 Å². The van der Waals surface area contributed by atoms with Crippen LogP contribution in [-0.4, -0.2) is 0 Å². The fourth-order valence-electron chi connectivity index (χ4n) is 12.6. The summed E-state index contributed by atoms with van der Waals surface area (Å²) < 4.78 is 0. The molecule has 0 radical (unpaired) electrons. The van der Waals surface area contributed by atoms with E-state index in [-0.39, 0.29) is 0 Å². The van der Waals surface area contributed by atoms with Gasteiger partial charge in [0.15, 0.2) is 0 Å². The summed E-state index contributed by atoms with van der Waals surface area (Å²) in [4.78, 5) is 4.95. The fourth-order valence-corrected chi connectivity index (χ4v) is 12.6. The Labute approximate surface area is 424 Å². The SMILES string of the molecule is c1ccc(N(c2ccc3c(c2)C2(c4ccccc4-c4ccc(N(c5ccc6ccccc6c5)c5ccc6ccccc6c5)cc42)c2ccccc2-3)c2ccc3ccccc3c2-c2ccc3ccccc3c2)cc1. The van der Waals surface area contributed by atoms with Crippen LogP contribution in [0.2, 0.25) is 0 Å². The number of rotatable bonds is 7. The zero-order valence-electron chi connectivity index (χ0n) is 40.0. The molecule has 1 unspecified atom stereocenters. The van der Waals surface area contributed by atoms with Crippen molar-refractivity contribution in [2.75, 3.05) is 9.80 Å². The van der Waals surface area contributed by atoms with Crippen LogP contribution in [0.15, 0.2) is 279 Å². The molecule has 2 aliphatic carbocycles. The van der Waals surface area contributed by atoms with E-state index in [1.807, 2.05) is 0 Å². The first-order valence-corrected chi connectivity index (χ1v) is 25.3. The van der Waals surface area contributed by atoms with E-state index in [9.17, 15) is 0 Å². The summed E-state index contributed by atoms with van der Waals surface area (Å²) in [6.07, 6.45) is 0. The quantitative estimate of drug-likeness (QED) is 0.157. The topological polar surface area (TPSA) is 6.48 Å². The summed E-state index contributed by atoms with van der Waals surface area (Å²) in [6, 6.07) is 104. The van der Waals surface area contributed by atoms with Gasteiger partial charge < -0.3 is 9.80 Å². The number of anilines is 6. The van der Waals surface area contributed by atoms with E-state index in [4.69, 9.17) is 0 Å². The minimum Gasteiger partial charge on any atom is -0.310 e. The first-order chi connectivity index (χ1) is 36.2. The van der Waals surface area contributed by atoms with Gasteiger partial charge in [-0.05, 0) is 166 Å². The van der Waals surface area contributed by atoms with Crippen molar-refractivity contribution < 1.29 is 0 Å². The van der Waals surface area contributed by atoms with Crippen LogP contribution in [-0.2, 0) is 5.41 Å². The Morgan fingerprint density at radius 3 is 1.23 bits per heavy atom. The lowest BCUT2D eigenvalue weighted by Gasteiger charge is -2.34. The van der Waals surface area contributed by atoms with Crippen LogP contribution in [0.1, 0.15) is 22.3 Å². The summed E-state index contributed by atoms with van der Waals surface area (Å²) >= 11 is 0. The third-order valence-corrected chi connectivity index (χ3v) is 15.8. The Kier molecular flexibility index (Phi) is 9.21. The second kappa shape index (κ2) is 16.3. The molecule has 1 spiro atoms. The summed E-state index contributed by atoms with van der Waals surface area (Å²) in [5, 5.41) is 9.74. The second-order valence-corrected chi connectivity index (χ2v) is 19.6. The number of hydrogen-bond donors (Lipinski definition) is 0. The van der Waals surface area contributed by atoms with Crippen molar-refractivity contribution in [1.82, 2.24) is 0 Å². The van der Waals surface area contributed by atoms with Crippen LogP contribution in [0.3, 0.4) is 0 Å². The first-order valence-electron chi connectivity index (χ1n) is 25.3. The number of hydrogen-bond acceptors (Lipinski definition) is 2. The first kappa shape index (κ1) is 41.3. The molecular formula is C71H46N2. The standard InChI is InChI=1S/C71H46N2/c1-2-23-55(24-3-1)73(69-41-34-50-19-10-11-25-60(50)70(69)54-31-30-47-16-4-7-20-51(47)42-54)59-38-40-64-62-27-13-15-29-66(62)71(68(64)46-59)65-28-14-12-26-61(65)63-39-37-58(45-67(63)71)72(56-35-32-48-17-5-8-21-52(48)43-56)57-36-33-49-18-6-9-22-53(49)44-57/h1-46H. The summed E-state index contributed by atoms with van der Waals surface area (Å²) in [7, 11) is 0. The van der Waals surface area contributed by atoms with Crippen molar-refractivity contribution >= 4 is 77.2 Å². The van der Waals surface area contributed by atoms with E-state index in [1.165, 1.54) is 98.7 Å². The number of fused-ring (bicyclic) bond motifs is 14. The average molecular weight is 927 g/mol. The molecule has 0 heterocycles. The van der Waals surface area contributed by atoms with Crippen LogP contribution in [0.5, 0.6) is 0 Å². The van der Waals surface area contributed by atoms with Gasteiger partial charge in [-0.3, -0.25) is 0 Å². The monoisotopic (exact) mass is 926 g/mol. The molecule has 0 aromatic heterocycles. The fraction of sp³-hybridized carbons (Fsp3) is 0.0141. The van der Waals surface area contributed by atoms with Gasteiger partial charge in [0, 0.05) is 34.0 Å². The molecule has 73 heavy (non-hydrogen) atoms. The normalized spacial score (nSPS) is 14.1. The Bertz CT molecular complexity index is 4270. The molecule has 0 bridgehead atoms. The number of benzene rings is 13. The highest BCUT2D eigenvalue weighted by Crippen LogP contribution is 2.64. The molecule has 1 atom stereocenters. The summed E-state index contributed by atoms with van der Waals surface area (Å²) in [5.74, 6) is 0. The number of para-hydroxylation sites is 1. The molecule has 0 amide bonds. The molecule has 0 aliphatic heterocycles. The Morgan fingerprint density at radius 1 is 0.233 bits per heavy atom. The third kappa shape index (κ3) is 6.30. The van der Waals surface area contributed by atoms with E-state index in [0.29, 0.717) is 0 Å². The van der Waals surface area contributed by atoms with E-state index in [0.717, 1.165) is 34.1 Å².